The van der Waals surface area contributed by atoms with Gasteiger partial charge >= 0.3 is 6.09 Å². The van der Waals surface area contributed by atoms with Crippen molar-refractivity contribution >= 4 is 33.6 Å². The van der Waals surface area contributed by atoms with E-state index >= 15 is 0 Å². The third-order valence-corrected chi connectivity index (χ3v) is 4.16. The van der Waals surface area contributed by atoms with Crippen LogP contribution in [0.25, 0.3) is 10.2 Å². The Bertz CT molecular complexity index is 688. The van der Waals surface area contributed by atoms with E-state index in [0.29, 0.717) is 6.54 Å². The van der Waals surface area contributed by atoms with Gasteiger partial charge in [0.2, 0.25) is 5.91 Å². The summed E-state index contributed by atoms with van der Waals surface area (Å²) >= 11 is 1.58. The SMILES string of the molecule is CN(Cc1nc2ccccc2s1)C(=O)CCNC(=O)OC(C)(C)C. The number of rotatable bonds is 5. The van der Waals surface area contributed by atoms with Gasteiger partial charge in [0.25, 0.3) is 0 Å². The molecule has 0 saturated carbocycles. The topological polar surface area (TPSA) is 71.5 Å². The molecule has 2 aromatic rings. The number of para-hydroxylation sites is 1. The summed E-state index contributed by atoms with van der Waals surface area (Å²) in [7, 11) is 1.74. The molecule has 0 saturated heterocycles. The number of carbonyl (C=O) groups excluding carboxylic acids is 2. The maximum absolute atomic E-state index is 12.1. The van der Waals surface area contributed by atoms with Gasteiger partial charge in [0, 0.05) is 20.0 Å². The molecule has 0 bridgehead atoms. The Labute approximate surface area is 145 Å². The zero-order valence-electron chi connectivity index (χ0n) is 14.5. The Morgan fingerprint density at radius 1 is 1.29 bits per heavy atom. The number of thiazole rings is 1. The molecule has 1 aromatic heterocycles. The first kappa shape index (κ1) is 18.2. The van der Waals surface area contributed by atoms with Crippen molar-refractivity contribution in [3.05, 3.63) is 29.3 Å². The largest absolute Gasteiger partial charge is 0.444 e. The van der Waals surface area contributed by atoms with Gasteiger partial charge in [0.05, 0.1) is 16.8 Å². The summed E-state index contributed by atoms with van der Waals surface area (Å²) < 4.78 is 6.24. The third-order valence-electron chi connectivity index (χ3n) is 3.14. The van der Waals surface area contributed by atoms with Gasteiger partial charge in [-0.15, -0.1) is 11.3 Å². The summed E-state index contributed by atoms with van der Waals surface area (Å²) in [5.41, 5.74) is 0.405. The van der Waals surface area contributed by atoms with Crippen LogP contribution in [0.2, 0.25) is 0 Å². The van der Waals surface area contributed by atoms with Crippen molar-refractivity contribution < 1.29 is 14.3 Å². The molecule has 24 heavy (non-hydrogen) atoms. The number of ether oxygens (including phenoxy) is 1. The fraction of sp³-hybridized carbons (Fsp3) is 0.471. The normalized spacial score (nSPS) is 11.3. The van der Waals surface area contributed by atoms with Crippen molar-refractivity contribution in [3.63, 3.8) is 0 Å². The lowest BCUT2D eigenvalue weighted by Crippen LogP contribution is -2.35. The van der Waals surface area contributed by atoms with Crippen molar-refractivity contribution in [1.82, 2.24) is 15.2 Å². The van der Waals surface area contributed by atoms with Gasteiger partial charge in [-0.05, 0) is 32.9 Å². The molecule has 0 aliphatic heterocycles. The molecular formula is C17H23N3O3S. The molecular weight excluding hydrogens is 326 g/mol. The smallest absolute Gasteiger partial charge is 0.407 e. The minimum absolute atomic E-state index is 0.0506. The van der Waals surface area contributed by atoms with Crippen molar-refractivity contribution in [2.24, 2.45) is 0 Å². The molecule has 0 atom stereocenters. The maximum Gasteiger partial charge on any atom is 0.407 e. The highest BCUT2D eigenvalue weighted by Gasteiger charge is 2.17. The summed E-state index contributed by atoms with van der Waals surface area (Å²) in [6, 6.07) is 7.90. The van der Waals surface area contributed by atoms with Crippen LogP contribution < -0.4 is 5.32 Å². The fourth-order valence-corrected chi connectivity index (χ4v) is 3.08. The lowest BCUT2D eigenvalue weighted by Gasteiger charge is -2.20. The summed E-state index contributed by atoms with van der Waals surface area (Å²) in [6.07, 6.45) is -0.287. The van der Waals surface area contributed by atoms with E-state index < -0.39 is 11.7 Å². The van der Waals surface area contributed by atoms with Crippen molar-refractivity contribution in [3.8, 4) is 0 Å². The molecule has 130 valence electrons. The average molecular weight is 349 g/mol. The van der Waals surface area contributed by atoms with E-state index in [2.05, 4.69) is 10.3 Å². The lowest BCUT2D eigenvalue weighted by molar-refractivity contribution is -0.130. The van der Waals surface area contributed by atoms with Crippen LogP contribution in [0.5, 0.6) is 0 Å². The van der Waals surface area contributed by atoms with Crippen LogP contribution in [0.15, 0.2) is 24.3 Å². The van der Waals surface area contributed by atoms with Crippen LogP contribution in [0.3, 0.4) is 0 Å². The first-order valence-corrected chi connectivity index (χ1v) is 8.61. The Balaban J connectivity index is 1.79. The van der Waals surface area contributed by atoms with Gasteiger partial charge in [0.1, 0.15) is 10.6 Å². The molecule has 0 fully saturated rings. The van der Waals surface area contributed by atoms with Gasteiger partial charge in [-0.3, -0.25) is 4.79 Å². The molecule has 2 amide bonds. The molecule has 7 heteroatoms. The van der Waals surface area contributed by atoms with Crippen molar-refractivity contribution in [2.45, 2.75) is 39.3 Å². The monoisotopic (exact) mass is 349 g/mol. The highest BCUT2D eigenvalue weighted by molar-refractivity contribution is 7.18. The minimum atomic E-state index is -0.544. The van der Waals surface area contributed by atoms with Crippen LogP contribution in [-0.2, 0) is 16.1 Å². The highest BCUT2D eigenvalue weighted by atomic mass is 32.1. The molecule has 1 heterocycles. The lowest BCUT2D eigenvalue weighted by atomic mass is 10.2. The quantitative estimate of drug-likeness (QED) is 0.900. The number of aromatic nitrogens is 1. The van der Waals surface area contributed by atoms with E-state index in [0.717, 1.165) is 15.2 Å². The second-order valence-corrected chi connectivity index (χ2v) is 7.62. The van der Waals surface area contributed by atoms with Crippen molar-refractivity contribution in [1.29, 1.82) is 0 Å². The van der Waals surface area contributed by atoms with E-state index in [9.17, 15) is 9.59 Å². The summed E-state index contributed by atoms with van der Waals surface area (Å²) in [6.45, 7) is 6.10. The van der Waals surface area contributed by atoms with Crippen LogP contribution in [0.1, 0.15) is 32.2 Å². The van der Waals surface area contributed by atoms with Gasteiger partial charge < -0.3 is 15.0 Å². The molecule has 1 aromatic carbocycles. The Morgan fingerprint density at radius 3 is 2.67 bits per heavy atom. The molecule has 0 aliphatic carbocycles. The van der Waals surface area contributed by atoms with Gasteiger partial charge in [-0.25, -0.2) is 9.78 Å². The van der Waals surface area contributed by atoms with Gasteiger partial charge in [-0.1, -0.05) is 12.1 Å². The summed E-state index contributed by atoms with van der Waals surface area (Å²) in [5, 5.41) is 3.48. The Kier molecular flexibility index (Phi) is 5.77. The predicted octanol–water partition coefficient (Wildman–Crippen LogP) is 3.17. The average Bonchev–Trinajstić information content (AvgIpc) is 2.87. The maximum atomic E-state index is 12.1. The number of nitrogens with one attached hydrogen (secondary N) is 1. The third kappa shape index (κ3) is 5.49. The zero-order chi connectivity index (χ0) is 17.7. The first-order valence-electron chi connectivity index (χ1n) is 7.80. The Morgan fingerprint density at radius 2 is 2.00 bits per heavy atom. The van der Waals surface area contributed by atoms with E-state index in [1.807, 2.05) is 24.3 Å². The molecule has 0 radical (unpaired) electrons. The number of benzene rings is 1. The second-order valence-electron chi connectivity index (χ2n) is 6.50. The van der Waals surface area contributed by atoms with Gasteiger partial charge in [0.15, 0.2) is 0 Å². The van der Waals surface area contributed by atoms with Crippen LogP contribution >= 0.6 is 11.3 Å². The molecule has 2 rings (SSSR count). The van der Waals surface area contributed by atoms with E-state index in [1.165, 1.54) is 0 Å². The number of nitrogens with zero attached hydrogens (tertiary/aromatic N) is 2. The number of carbonyl (C=O) groups is 2. The van der Waals surface area contributed by atoms with E-state index in [1.54, 1.807) is 44.1 Å². The molecule has 0 unspecified atom stereocenters. The van der Waals surface area contributed by atoms with E-state index in [-0.39, 0.29) is 18.9 Å². The molecule has 6 nitrogen and oxygen atoms in total. The number of hydrogen-bond acceptors (Lipinski definition) is 5. The summed E-state index contributed by atoms with van der Waals surface area (Å²) in [5.74, 6) is -0.0506. The molecule has 0 aliphatic rings. The summed E-state index contributed by atoms with van der Waals surface area (Å²) in [4.78, 5) is 29.8. The van der Waals surface area contributed by atoms with Crippen LogP contribution in [0.4, 0.5) is 4.79 Å². The van der Waals surface area contributed by atoms with Gasteiger partial charge in [-0.2, -0.15) is 0 Å². The number of fused-ring (bicyclic) bond motifs is 1. The number of amides is 2. The number of hydrogen-bond donors (Lipinski definition) is 1. The van der Waals surface area contributed by atoms with Crippen LogP contribution in [-0.4, -0.2) is 41.1 Å². The zero-order valence-corrected chi connectivity index (χ0v) is 15.3. The minimum Gasteiger partial charge on any atom is -0.444 e. The number of alkyl carbamates (subject to hydrolysis) is 1. The Hall–Kier alpha value is -2.15. The van der Waals surface area contributed by atoms with Crippen LogP contribution in [0, 0.1) is 0 Å². The second kappa shape index (κ2) is 7.61. The highest BCUT2D eigenvalue weighted by Crippen LogP contribution is 2.22. The van der Waals surface area contributed by atoms with E-state index in [4.69, 9.17) is 4.74 Å². The first-order chi connectivity index (χ1) is 11.2. The molecule has 1 N–H and O–H groups in total. The predicted molar refractivity (Wildman–Crippen MR) is 94.9 cm³/mol. The van der Waals surface area contributed by atoms with Crippen molar-refractivity contribution in [2.75, 3.05) is 13.6 Å². The molecule has 0 spiro atoms. The fourth-order valence-electron chi connectivity index (χ4n) is 2.06. The standard InChI is InChI=1S/C17H23N3O3S/c1-17(2,3)23-16(22)18-10-9-15(21)20(4)11-14-19-12-7-5-6-8-13(12)24-14/h5-8H,9-11H2,1-4H3,(H,18,22).